The van der Waals surface area contributed by atoms with Crippen molar-refractivity contribution in [3.63, 3.8) is 0 Å². The molecule has 6 heteroatoms. The Balaban J connectivity index is 1.86. The lowest BCUT2D eigenvalue weighted by Crippen LogP contribution is -2.30. The first-order valence-electron chi connectivity index (χ1n) is 10.3. The molecule has 0 radical (unpaired) electrons. The number of amidine groups is 1. The lowest BCUT2D eigenvalue weighted by molar-refractivity contribution is -0.113. The summed E-state index contributed by atoms with van der Waals surface area (Å²) in [6.07, 6.45) is 2.95. The number of benzene rings is 2. The number of hydrogen-bond donors (Lipinski definition) is 0. The zero-order chi connectivity index (χ0) is 21.5. The van der Waals surface area contributed by atoms with Crippen LogP contribution in [0.25, 0.3) is 6.08 Å². The van der Waals surface area contributed by atoms with Gasteiger partial charge in [-0.15, -0.1) is 0 Å². The summed E-state index contributed by atoms with van der Waals surface area (Å²) >= 11 is 1.59. The molecule has 1 heterocycles. The molecule has 2 aromatic rings. The van der Waals surface area contributed by atoms with Crippen LogP contribution < -0.4 is 14.4 Å². The van der Waals surface area contributed by atoms with Crippen molar-refractivity contribution >= 4 is 34.6 Å². The van der Waals surface area contributed by atoms with E-state index in [1.165, 1.54) is 0 Å². The molecular weight excluding hydrogens is 396 g/mol. The Hall–Kier alpha value is -2.73. The van der Waals surface area contributed by atoms with E-state index in [0.717, 1.165) is 34.9 Å². The molecule has 0 N–H and O–H groups in total. The minimum absolute atomic E-state index is 0.121. The fraction of sp³-hybridized carbons (Fsp3) is 0.333. The molecule has 30 heavy (non-hydrogen) atoms. The van der Waals surface area contributed by atoms with Gasteiger partial charge in [0.15, 0.2) is 5.17 Å². The van der Waals surface area contributed by atoms with E-state index in [9.17, 15) is 4.79 Å². The van der Waals surface area contributed by atoms with Gasteiger partial charge in [0.25, 0.3) is 5.91 Å². The van der Waals surface area contributed by atoms with Crippen molar-refractivity contribution in [3.05, 3.63) is 59.8 Å². The van der Waals surface area contributed by atoms with Crippen molar-refractivity contribution in [2.45, 2.75) is 40.2 Å². The Morgan fingerprint density at radius 2 is 1.70 bits per heavy atom. The molecule has 0 bridgehead atoms. The van der Waals surface area contributed by atoms with Crippen LogP contribution in [0.1, 0.15) is 39.7 Å². The average Bonchev–Trinajstić information content (AvgIpc) is 3.03. The summed E-state index contributed by atoms with van der Waals surface area (Å²) < 4.78 is 11.2. The summed E-state index contributed by atoms with van der Waals surface area (Å²) in [4.78, 5) is 19.5. The average molecular weight is 425 g/mol. The first-order chi connectivity index (χ1) is 14.5. The molecule has 1 aliphatic heterocycles. The Bertz CT molecular complexity index is 918. The molecule has 0 saturated carbocycles. The van der Waals surface area contributed by atoms with E-state index in [0.29, 0.717) is 17.5 Å². The van der Waals surface area contributed by atoms with Crippen LogP contribution in [0, 0.1) is 0 Å². The number of carbonyl (C=O) groups excluding carboxylic acids is 1. The first kappa shape index (κ1) is 22.0. The minimum Gasteiger partial charge on any atom is -0.494 e. The number of amides is 1. The topological polar surface area (TPSA) is 51.1 Å². The summed E-state index contributed by atoms with van der Waals surface area (Å²) in [7, 11) is 0. The number of anilines is 1. The highest BCUT2D eigenvalue weighted by molar-refractivity contribution is 8.14. The minimum atomic E-state index is -0.125. The number of nitrogens with zero attached hydrogens (tertiary/aromatic N) is 2. The molecule has 0 unspecified atom stereocenters. The van der Waals surface area contributed by atoms with Gasteiger partial charge in [0.05, 0.1) is 18.4 Å². The SMILES string of the molecule is CCCSC1=NC(=Cc2ccc(OC(C)C)cc2)C(=O)N1c1ccc(OCC)cc1. The van der Waals surface area contributed by atoms with Crippen molar-refractivity contribution in [1.82, 2.24) is 0 Å². The predicted octanol–water partition coefficient (Wildman–Crippen LogP) is 5.76. The summed E-state index contributed by atoms with van der Waals surface area (Å²) in [5, 5.41) is 0.706. The molecule has 1 aliphatic rings. The van der Waals surface area contributed by atoms with Gasteiger partial charge in [-0.2, -0.15) is 0 Å². The van der Waals surface area contributed by atoms with Gasteiger partial charge in [0.1, 0.15) is 17.2 Å². The summed E-state index contributed by atoms with van der Waals surface area (Å²) in [6, 6.07) is 15.2. The number of hydrogen-bond acceptors (Lipinski definition) is 5. The molecule has 0 saturated heterocycles. The van der Waals surface area contributed by atoms with Crippen LogP contribution >= 0.6 is 11.8 Å². The van der Waals surface area contributed by atoms with Crippen LogP contribution in [0.15, 0.2) is 59.2 Å². The lowest BCUT2D eigenvalue weighted by Gasteiger charge is -2.18. The van der Waals surface area contributed by atoms with Gasteiger partial charge in [-0.25, -0.2) is 4.99 Å². The van der Waals surface area contributed by atoms with Crippen LogP contribution in [-0.2, 0) is 4.79 Å². The van der Waals surface area contributed by atoms with Gasteiger partial charge in [-0.3, -0.25) is 9.69 Å². The monoisotopic (exact) mass is 424 g/mol. The first-order valence-corrected chi connectivity index (χ1v) is 11.3. The summed E-state index contributed by atoms with van der Waals surface area (Å²) in [5.74, 6) is 2.37. The third kappa shape index (κ3) is 5.45. The van der Waals surface area contributed by atoms with E-state index < -0.39 is 0 Å². The highest BCUT2D eigenvalue weighted by atomic mass is 32.2. The standard InChI is InChI=1S/C24H28N2O3S/c1-5-15-30-24-25-22(16-18-7-11-21(12-8-18)29-17(3)4)23(27)26(24)19-9-13-20(14-10-19)28-6-2/h7-14,16-17H,5-6,15H2,1-4H3. The fourth-order valence-electron chi connectivity index (χ4n) is 2.94. The smallest absolute Gasteiger partial charge is 0.283 e. The van der Waals surface area contributed by atoms with Gasteiger partial charge in [0.2, 0.25) is 0 Å². The number of aliphatic imine (C=N–C) groups is 1. The number of thioether (sulfide) groups is 1. The van der Waals surface area contributed by atoms with E-state index in [-0.39, 0.29) is 12.0 Å². The van der Waals surface area contributed by atoms with Crippen LogP contribution in [0.4, 0.5) is 5.69 Å². The normalized spacial score (nSPS) is 15.1. The number of rotatable bonds is 8. The third-order valence-electron chi connectivity index (χ3n) is 4.23. The van der Waals surface area contributed by atoms with E-state index in [2.05, 4.69) is 11.9 Å². The Morgan fingerprint density at radius 1 is 1.03 bits per heavy atom. The van der Waals surface area contributed by atoms with Gasteiger partial charge < -0.3 is 9.47 Å². The Morgan fingerprint density at radius 3 is 2.30 bits per heavy atom. The second-order valence-electron chi connectivity index (χ2n) is 7.08. The van der Waals surface area contributed by atoms with Crippen molar-refractivity contribution in [2.75, 3.05) is 17.3 Å². The molecule has 0 fully saturated rings. The van der Waals surface area contributed by atoms with Crippen LogP contribution in [0.2, 0.25) is 0 Å². The third-order valence-corrected chi connectivity index (χ3v) is 5.37. The Labute approximate surface area is 182 Å². The van der Waals surface area contributed by atoms with E-state index in [1.54, 1.807) is 16.7 Å². The maximum absolute atomic E-state index is 13.2. The number of ether oxygens (including phenoxy) is 2. The maximum Gasteiger partial charge on any atom is 0.283 e. The maximum atomic E-state index is 13.2. The van der Waals surface area contributed by atoms with E-state index >= 15 is 0 Å². The van der Waals surface area contributed by atoms with Crippen LogP contribution in [0.3, 0.4) is 0 Å². The molecule has 3 rings (SSSR count). The molecule has 0 atom stereocenters. The molecule has 5 nitrogen and oxygen atoms in total. The molecule has 0 spiro atoms. The van der Waals surface area contributed by atoms with E-state index in [4.69, 9.17) is 9.47 Å². The Kier molecular flexibility index (Phi) is 7.57. The summed E-state index contributed by atoms with van der Waals surface area (Å²) in [6.45, 7) is 8.65. The van der Waals surface area contributed by atoms with Crippen molar-refractivity contribution in [2.24, 2.45) is 4.99 Å². The highest BCUT2D eigenvalue weighted by Gasteiger charge is 2.31. The number of carbonyl (C=O) groups is 1. The van der Waals surface area contributed by atoms with Gasteiger partial charge >= 0.3 is 0 Å². The van der Waals surface area contributed by atoms with Gasteiger partial charge in [-0.1, -0.05) is 30.8 Å². The molecule has 2 aromatic carbocycles. The van der Waals surface area contributed by atoms with Gasteiger partial charge in [-0.05, 0) is 75.2 Å². The van der Waals surface area contributed by atoms with Crippen LogP contribution in [0.5, 0.6) is 11.5 Å². The zero-order valence-electron chi connectivity index (χ0n) is 17.9. The summed E-state index contributed by atoms with van der Waals surface area (Å²) in [5.41, 5.74) is 2.13. The molecule has 1 amide bonds. The van der Waals surface area contributed by atoms with Crippen molar-refractivity contribution < 1.29 is 14.3 Å². The predicted molar refractivity (Wildman–Crippen MR) is 125 cm³/mol. The van der Waals surface area contributed by atoms with Crippen molar-refractivity contribution in [3.8, 4) is 11.5 Å². The largest absolute Gasteiger partial charge is 0.494 e. The highest BCUT2D eigenvalue weighted by Crippen LogP contribution is 2.31. The molecule has 0 aromatic heterocycles. The second-order valence-corrected chi connectivity index (χ2v) is 8.14. The second kappa shape index (κ2) is 10.3. The van der Waals surface area contributed by atoms with Crippen LogP contribution in [-0.4, -0.2) is 29.5 Å². The zero-order valence-corrected chi connectivity index (χ0v) is 18.7. The fourth-order valence-corrected chi connectivity index (χ4v) is 3.81. The lowest BCUT2D eigenvalue weighted by atomic mass is 10.2. The van der Waals surface area contributed by atoms with E-state index in [1.807, 2.05) is 75.4 Å². The molecule has 158 valence electrons. The quantitative estimate of drug-likeness (QED) is 0.506. The van der Waals surface area contributed by atoms with Gasteiger partial charge in [0, 0.05) is 5.75 Å². The molecule has 0 aliphatic carbocycles. The molecular formula is C24H28N2O3S. The van der Waals surface area contributed by atoms with Crippen molar-refractivity contribution in [1.29, 1.82) is 0 Å².